The van der Waals surface area contributed by atoms with Crippen LogP contribution in [0.5, 0.6) is 5.75 Å². The number of pyridine rings is 1. The van der Waals surface area contributed by atoms with Gasteiger partial charge in [0.25, 0.3) is 11.9 Å². The molecule has 0 unspecified atom stereocenters. The smallest absolute Gasteiger partial charge is 0.435 e. The molecule has 0 bridgehead atoms. The number of halogens is 3. The molecule has 0 saturated heterocycles. The SMILES string of the molecule is COc1cnc(-n2cc(C(=O)NCC3(c4cccnc4)CCCCC3)c(C(F)(F)F)n2)nc1. The molecule has 1 aliphatic carbocycles. The van der Waals surface area contributed by atoms with Crippen molar-refractivity contribution in [3.05, 3.63) is 59.9 Å². The average Bonchev–Trinajstić information content (AvgIpc) is 3.30. The van der Waals surface area contributed by atoms with Crippen molar-refractivity contribution in [1.82, 2.24) is 30.0 Å². The predicted molar refractivity (Wildman–Crippen MR) is 112 cm³/mol. The van der Waals surface area contributed by atoms with Crippen LogP contribution >= 0.6 is 0 Å². The van der Waals surface area contributed by atoms with E-state index in [4.69, 9.17) is 4.74 Å². The minimum Gasteiger partial charge on any atom is -0.494 e. The first-order valence-electron chi connectivity index (χ1n) is 10.5. The molecule has 0 atom stereocenters. The maximum Gasteiger partial charge on any atom is 0.435 e. The fourth-order valence-electron chi connectivity index (χ4n) is 4.20. The number of amides is 1. The van der Waals surface area contributed by atoms with Crippen LogP contribution in [-0.4, -0.2) is 44.3 Å². The molecule has 0 radical (unpaired) electrons. The fourth-order valence-corrected chi connectivity index (χ4v) is 4.20. The van der Waals surface area contributed by atoms with E-state index < -0.39 is 23.3 Å². The van der Waals surface area contributed by atoms with Crippen molar-refractivity contribution in [2.45, 2.75) is 43.7 Å². The number of nitrogens with zero attached hydrogens (tertiary/aromatic N) is 5. The quantitative estimate of drug-likeness (QED) is 0.603. The minimum absolute atomic E-state index is 0.112. The Bertz CT molecular complexity index is 1090. The number of hydrogen-bond acceptors (Lipinski definition) is 6. The highest BCUT2D eigenvalue weighted by Crippen LogP contribution is 2.39. The van der Waals surface area contributed by atoms with E-state index in [1.807, 2.05) is 12.1 Å². The topological polar surface area (TPSA) is 94.8 Å². The van der Waals surface area contributed by atoms with E-state index in [1.54, 1.807) is 12.4 Å². The normalized spacial score (nSPS) is 15.8. The number of rotatable bonds is 6. The highest BCUT2D eigenvalue weighted by atomic mass is 19.4. The maximum atomic E-state index is 13.7. The summed E-state index contributed by atoms with van der Waals surface area (Å²) in [4.78, 5) is 25.0. The van der Waals surface area contributed by atoms with E-state index in [-0.39, 0.29) is 17.9 Å². The van der Waals surface area contributed by atoms with Crippen LogP contribution in [-0.2, 0) is 11.6 Å². The average molecular weight is 460 g/mol. The van der Waals surface area contributed by atoms with Crippen LogP contribution in [0, 0.1) is 0 Å². The van der Waals surface area contributed by atoms with E-state index in [0.29, 0.717) is 5.75 Å². The number of carbonyl (C=O) groups is 1. The van der Waals surface area contributed by atoms with Gasteiger partial charge < -0.3 is 10.1 Å². The molecule has 33 heavy (non-hydrogen) atoms. The largest absolute Gasteiger partial charge is 0.494 e. The summed E-state index contributed by atoms with van der Waals surface area (Å²) in [5, 5.41) is 6.28. The zero-order valence-corrected chi connectivity index (χ0v) is 18.0. The Hall–Kier alpha value is -3.50. The van der Waals surface area contributed by atoms with E-state index in [2.05, 4.69) is 25.4 Å². The summed E-state index contributed by atoms with van der Waals surface area (Å²) in [7, 11) is 1.42. The molecule has 8 nitrogen and oxygen atoms in total. The van der Waals surface area contributed by atoms with Gasteiger partial charge in [0.2, 0.25) is 0 Å². The van der Waals surface area contributed by atoms with Crippen molar-refractivity contribution in [3.63, 3.8) is 0 Å². The molecule has 1 aliphatic rings. The van der Waals surface area contributed by atoms with Crippen LogP contribution in [0.2, 0.25) is 0 Å². The second-order valence-corrected chi connectivity index (χ2v) is 8.02. The molecule has 1 amide bonds. The summed E-state index contributed by atoms with van der Waals surface area (Å²) in [6, 6.07) is 3.78. The van der Waals surface area contributed by atoms with Gasteiger partial charge in [-0.3, -0.25) is 9.78 Å². The lowest BCUT2D eigenvalue weighted by Crippen LogP contribution is -2.42. The molecule has 1 fully saturated rings. The molecular weight excluding hydrogens is 437 g/mol. The zero-order valence-electron chi connectivity index (χ0n) is 18.0. The predicted octanol–water partition coefficient (Wildman–Crippen LogP) is 3.72. The van der Waals surface area contributed by atoms with Gasteiger partial charge in [0.1, 0.15) is 0 Å². The van der Waals surface area contributed by atoms with Crippen molar-refractivity contribution in [1.29, 1.82) is 0 Å². The van der Waals surface area contributed by atoms with Crippen molar-refractivity contribution in [2.24, 2.45) is 0 Å². The maximum absolute atomic E-state index is 13.7. The molecule has 3 aromatic heterocycles. The number of alkyl halides is 3. The van der Waals surface area contributed by atoms with E-state index in [0.717, 1.165) is 48.5 Å². The Labute approximate surface area is 188 Å². The van der Waals surface area contributed by atoms with E-state index in [1.165, 1.54) is 19.5 Å². The molecule has 11 heteroatoms. The molecule has 1 saturated carbocycles. The van der Waals surface area contributed by atoms with Crippen LogP contribution < -0.4 is 10.1 Å². The van der Waals surface area contributed by atoms with Crippen LogP contribution in [0.3, 0.4) is 0 Å². The van der Waals surface area contributed by atoms with Gasteiger partial charge in [0.15, 0.2) is 11.4 Å². The lowest BCUT2D eigenvalue weighted by atomic mass is 9.70. The summed E-state index contributed by atoms with van der Waals surface area (Å²) >= 11 is 0. The summed E-state index contributed by atoms with van der Waals surface area (Å²) in [6.45, 7) is 0.207. The first kappa shape index (κ1) is 22.7. The number of ether oxygens (including phenoxy) is 1. The van der Waals surface area contributed by atoms with Gasteiger partial charge in [0, 0.05) is 30.6 Å². The van der Waals surface area contributed by atoms with Crippen LogP contribution in [0.1, 0.15) is 53.7 Å². The molecular formula is C22H23F3N6O2. The molecule has 174 valence electrons. The van der Waals surface area contributed by atoms with Crippen LogP contribution in [0.4, 0.5) is 13.2 Å². The van der Waals surface area contributed by atoms with Crippen LogP contribution in [0.25, 0.3) is 5.95 Å². The summed E-state index contributed by atoms with van der Waals surface area (Å²) in [6.07, 6.45) is 6.90. The Kier molecular flexibility index (Phi) is 6.30. The van der Waals surface area contributed by atoms with Crippen molar-refractivity contribution >= 4 is 5.91 Å². The second-order valence-electron chi connectivity index (χ2n) is 8.02. The molecule has 0 aromatic carbocycles. The molecule has 1 N–H and O–H groups in total. The van der Waals surface area contributed by atoms with Gasteiger partial charge in [-0.05, 0) is 24.5 Å². The van der Waals surface area contributed by atoms with Gasteiger partial charge >= 0.3 is 6.18 Å². The summed E-state index contributed by atoms with van der Waals surface area (Å²) in [5.74, 6) is -0.622. The van der Waals surface area contributed by atoms with E-state index >= 15 is 0 Å². The molecule has 0 spiro atoms. The fraction of sp³-hybridized carbons (Fsp3) is 0.409. The second kappa shape index (κ2) is 9.16. The van der Waals surface area contributed by atoms with Gasteiger partial charge in [-0.2, -0.15) is 18.3 Å². The molecule has 4 rings (SSSR count). The first-order chi connectivity index (χ1) is 15.8. The van der Waals surface area contributed by atoms with Gasteiger partial charge in [-0.1, -0.05) is 25.3 Å². The lowest BCUT2D eigenvalue weighted by molar-refractivity contribution is -0.141. The highest BCUT2D eigenvalue weighted by Gasteiger charge is 2.40. The van der Waals surface area contributed by atoms with Crippen molar-refractivity contribution in [2.75, 3.05) is 13.7 Å². The number of methoxy groups -OCH3 is 1. The Morgan fingerprint density at radius 1 is 1.18 bits per heavy atom. The monoisotopic (exact) mass is 460 g/mol. The van der Waals surface area contributed by atoms with Crippen molar-refractivity contribution in [3.8, 4) is 11.7 Å². The standard InChI is InChI=1S/C22H23F3N6O2/c1-33-16-11-27-20(28-12-16)31-13-17(18(30-31)22(23,24)25)19(32)29-14-21(7-3-2-4-8-21)15-6-5-9-26-10-15/h5-6,9-13H,2-4,7-8,14H2,1H3,(H,29,32). The third-order valence-corrected chi connectivity index (χ3v) is 5.95. The number of nitrogens with one attached hydrogen (secondary N) is 1. The number of carbonyl (C=O) groups excluding carboxylic acids is 1. The summed E-state index contributed by atoms with van der Waals surface area (Å²) in [5.41, 5.74) is -1.27. The Morgan fingerprint density at radius 2 is 1.91 bits per heavy atom. The minimum atomic E-state index is -4.82. The zero-order chi connectivity index (χ0) is 23.5. The molecule has 3 heterocycles. The Morgan fingerprint density at radius 3 is 2.52 bits per heavy atom. The number of hydrogen-bond donors (Lipinski definition) is 1. The van der Waals surface area contributed by atoms with Crippen molar-refractivity contribution < 1.29 is 22.7 Å². The highest BCUT2D eigenvalue weighted by molar-refractivity contribution is 5.95. The summed E-state index contributed by atoms with van der Waals surface area (Å²) < 4.78 is 46.8. The first-order valence-corrected chi connectivity index (χ1v) is 10.5. The molecule has 0 aliphatic heterocycles. The Balaban J connectivity index is 1.61. The van der Waals surface area contributed by atoms with E-state index in [9.17, 15) is 18.0 Å². The third kappa shape index (κ3) is 4.81. The van der Waals surface area contributed by atoms with Crippen LogP contribution in [0.15, 0.2) is 43.1 Å². The van der Waals surface area contributed by atoms with Gasteiger partial charge in [-0.15, -0.1) is 0 Å². The van der Waals surface area contributed by atoms with Gasteiger partial charge in [-0.25, -0.2) is 14.6 Å². The number of aromatic nitrogens is 5. The lowest BCUT2D eigenvalue weighted by Gasteiger charge is -2.37. The molecule has 3 aromatic rings. The third-order valence-electron chi connectivity index (χ3n) is 5.95. The van der Waals surface area contributed by atoms with Gasteiger partial charge in [0.05, 0.1) is 25.1 Å².